The Morgan fingerprint density at radius 1 is 0.750 bits per heavy atom. The van der Waals surface area contributed by atoms with Gasteiger partial charge in [0.2, 0.25) is 0 Å². The molecule has 2 aromatic rings. The summed E-state index contributed by atoms with van der Waals surface area (Å²) >= 11 is 0. The number of hydrogen-bond acceptors (Lipinski definition) is 8. The summed E-state index contributed by atoms with van der Waals surface area (Å²) in [4.78, 5) is 24.4. The van der Waals surface area contributed by atoms with Crippen molar-refractivity contribution in [2.75, 3.05) is 0 Å². The van der Waals surface area contributed by atoms with Crippen LogP contribution in [0.2, 0.25) is 0 Å². The summed E-state index contributed by atoms with van der Waals surface area (Å²) in [5.41, 5.74) is 5.08. The van der Waals surface area contributed by atoms with Crippen LogP contribution in [0, 0.1) is 10.8 Å². The fourth-order valence-corrected chi connectivity index (χ4v) is 7.17. The van der Waals surface area contributed by atoms with Crippen molar-refractivity contribution in [3.8, 4) is 0 Å². The summed E-state index contributed by atoms with van der Waals surface area (Å²) in [6.45, 7) is 11.5. The molecule has 4 aliphatic rings. The fraction of sp³-hybridized carbons (Fsp3) is 0.562. The highest BCUT2D eigenvalue weighted by atomic mass is 16.6. The van der Waals surface area contributed by atoms with Gasteiger partial charge < -0.3 is 28.5 Å². The number of aliphatic hydroxyl groups is 2. The average Bonchev–Trinajstić information content (AvgIpc) is 3.64. The zero-order valence-electron chi connectivity index (χ0n) is 24.2. The van der Waals surface area contributed by atoms with Crippen LogP contribution in [0.1, 0.15) is 127 Å². The molecule has 0 spiro atoms. The zero-order chi connectivity index (χ0) is 29.0. The van der Waals surface area contributed by atoms with E-state index < -0.39 is 12.2 Å². The predicted molar refractivity (Wildman–Crippen MR) is 146 cm³/mol. The molecule has 0 unspecified atom stereocenters. The number of fused-ring (bicyclic) bond motifs is 2. The molecule has 0 amide bonds. The third-order valence-electron chi connectivity index (χ3n) is 9.22. The highest BCUT2D eigenvalue weighted by molar-refractivity contribution is 5.94. The van der Waals surface area contributed by atoms with Crippen LogP contribution in [0.25, 0.3) is 0 Å². The molecule has 0 aromatic carbocycles. The van der Waals surface area contributed by atoms with Crippen LogP contribution in [0.5, 0.6) is 0 Å². The Kier molecular flexibility index (Phi) is 7.38. The number of esters is 2. The lowest BCUT2D eigenvalue weighted by molar-refractivity contribution is -0.141. The van der Waals surface area contributed by atoms with Gasteiger partial charge in [0.25, 0.3) is 0 Å². The van der Waals surface area contributed by atoms with Crippen LogP contribution in [0.15, 0.2) is 55.8 Å². The van der Waals surface area contributed by atoms with E-state index in [0.717, 1.165) is 71.9 Å². The first kappa shape index (κ1) is 28.4. The summed E-state index contributed by atoms with van der Waals surface area (Å²) in [6.07, 6.45) is 7.21. The van der Waals surface area contributed by atoms with Crippen molar-refractivity contribution in [3.63, 3.8) is 0 Å². The molecule has 0 bridgehead atoms. The van der Waals surface area contributed by atoms with Gasteiger partial charge in [-0.3, -0.25) is 0 Å². The summed E-state index contributed by atoms with van der Waals surface area (Å²) in [5, 5.41) is 19.1. The highest BCUT2D eigenvalue weighted by Crippen LogP contribution is 2.57. The first-order valence-corrected chi connectivity index (χ1v) is 14.2. The number of aliphatic hydroxyl groups excluding tert-OH is 2. The Labute approximate surface area is 235 Å². The lowest BCUT2D eigenvalue weighted by Gasteiger charge is -2.33. The molecular weight excluding hydrogens is 512 g/mol. The van der Waals surface area contributed by atoms with Crippen molar-refractivity contribution in [1.82, 2.24) is 0 Å². The molecule has 2 aliphatic heterocycles. The maximum atomic E-state index is 12.2. The van der Waals surface area contributed by atoms with Crippen molar-refractivity contribution in [1.29, 1.82) is 0 Å². The minimum absolute atomic E-state index is 0.200. The second kappa shape index (κ2) is 10.4. The normalized spacial score (nSPS) is 31.2. The Bertz CT molecular complexity index is 1270. The number of ether oxygens (including phenoxy) is 2. The minimum atomic E-state index is -0.656. The number of furan rings is 2. The van der Waals surface area contributed by atoms with E-state index in [9.17, 15) is 19.8 Å². The summed E-state index contributed by atoms with van der Waals surface area (Å²) < 4.78 is 22.0. The molecule has 6 atom stereocenters. The van der Waals surface area contributed by atoms with Gasteiger partial charge in [-0.15, -0.1) is 0 Å². The van der Waals surface area contributed by atoms with Crippen LogP contribution in [0.4, 0.5) is 0 Å². The summed E-state index contributed by atoms with van der Waals surface area (Å²) in [6, 6.07) is 3.58. The van der Waals surface area contributed by atoms with Crippen molar-refractivity contribution in [2.24, 2.45) is 10.8 Å². The average molecular weight is 553 g/mol. The molecule has 6 rings (SSSR count). The molecule has 0 saturated carbocycles. The third kappa shape index (κ3) is 4.65. The van der Waals surface area contributed by atoms with Crippen molar-refractivity contribution >= 4 is 11.9 Å². The standard InChI is InChI=1S/2C16H20O4/c2*1-9-5-4-6-16(3)13(9)15(18)20-14(16)11-7-12(10(2)17)19-8-11/h2*7-8,10,14,17H,4-6H2,1-3H3/t2*10-,14-,16+/m00/s1. The molecule has 2 saturated heterocycles. The van der Waals surface area contributed by atoms with E-state index in [1.165, 1.54) is 0 Å². The maximum absolute atomic E-state index is 12.2. The molecule has 216 valence electrons. The number of rotatable bonds is 4. The molecular formula is C32H40O8. The van der Waals surface area contributed by atoms with Gasteiger partial charge in [-0.25, -0.2) is 9.59 Å². The Morgan fingerprint density at radius 3 is 1.45 bits per heavy atom. The van der Waals surface area contributed by atoms with Gasteiger partial charge in [-0.1, -0.05) is 25.0 Å². The van der Waals surface area contributed by atoms with Gasteiger partial charge in [0.15, 0.2) is 0 Å². The van der Waals surface area contributed by atoms with Crippen molar-refractivity contribution in [3.05, 3.63) is 69.6 Å². The number of cyclic esters (lactones) is 2. The molecule has 2 N–H and O–H groups in total. The molecule has 8 nitrogen and oxygen atoms in total. The second-order valence-electron chi connectivity index (χ2n) is 12.3. The van der Waals surface area contributed by atoms with Crippen LogP contribution >= 0.6 is 0 Å². The second-order valence-corrected chi connectivity index (χ2v) is 12.3. The zero-order valence-corrected chi connectivity index (χ0v) is 24.2. The number of carbonyl (C=O) groups is 2. The first-order chi connectivity index (χ1) is 18.9. The summed E-state index contributed by atoms with van der Waals surface area (Å²) in [5.74, 6) is 0.609. The van der Waals surface area contributed by atoms with Gasteiger partial charge in [0.05, 0.1) is 12.5 Å². The summed E-state index contributed by atoms with van der Waals surface area (Å²) in [7, 11) is 0. The number of allylic oxidation sites excluding steroid dienone is 2. The van der Waals surface area contributed by atoms with E-state index in [-0.39, 0.29) is 35.0 Å². The van der Waals surface area contributed by atoms with Crippen LogP contribution in [-0.2, 0) is 19.1 Å². The monoisotopic (exact) mass is 552 g/mol. The van der Waals surface area contributed by atoms with E-state index in [1.807, 2.05) is 13.8 Å². The molecule has 0 radical (unpaired) electrons. The van der Waals surface area contributed by atoms with Gasteiger partial charge in [-0.2, -0.15) is 0 Å². The van der Waals surface area contributed by atoms with Gasteiger partial charge in [0.1, 0.15) is 35.9 Å². The van der Waals surface area contributed by atoms with Crippen LogP contribution in [0.3, 0.4) is 0 Å². The first-order valence-electron chi connectivity index (χ1n) is 14.2. The Balaban J connectivity index is 0.000000161. The van der Waals surface area contributed by atoms with E-state index in [4.69, 9.17) is 18.3 Å². The van der Waals surface area contributed by atoms with Crippen LogP contribution < -0.4 is 0 Å². The van der Waals surface area contributed by atoms with Gasteiger partial charge in [0, 0.05) is 33.1 Å². The van der Waals surface area contributed by atoms with E-state index >= 15 is 0 Å². The SMILES string of the molecule is CC1=C2C(=O)O[C@@H](c3coc([C@H](C)O)c3)[C@]2(C)CCC1.CC1=C2C(=O)O[C@@H](c3coc([C@H](C)O)c3)[C@]2(C)CCC1. The Morgan fingerprint density at radius 2 is 1.12 bits per heavy atom. The largest absolute Gasteiger partial charge is 0.466 e. The quantitative estimate of drug-likeness (QED) is 0.394. The van der Waals surface area contributed by atoms with E-state index in [1.54, 1.807) is 38.5 Å². The number of carbonyl (C=O) groups excluding carboxylic acids is 2. The van der Waals surface area contributed by atoms with Gasteiger partial charge in [-0.05, 0) is 78.4 Å². The van der Waals surface area contributed by atoms with E-state index in [2.05, 4.69) is 13.8 Å². The molecule has 2 aliphatic carbocycles. The molecule has 8 heteroatoms. The third-order valence-corrected chi connectivity index (χ3v) is 9.22. The Hall–Kier alpha value is -3.10. The minimum Gasteiger partial charge on any atom is -0.466 e. The highest BCUT2D eigenvalue weighted by Gasteiger charge is 2.54. The number of hydrogen-bond donors (Lipinski definition) is 2. The van der Waals surface area contributed by atoms with Crippen LogP contribution in [-0.4, -0.2) is 22.2 Å². The topological polar surface area (TPSA) is 119 Å². The fourth-order valence-electron chi connectivity index (χ4n) is 7.17. The predicted octanol–water partition coefficient (Wildman–Crippen LogP) is 6.88. The molecule has 40 heavy (non-hydrogen) atoms. The van der Waals surface area contributed by atoms with Crippen molar-refractivity contribution < 1.29 is 38.1 Å². The lowest BCUT2D eigenvalue weighted by atomic mass is 9.68. The molecule has 2 aromatic heterocycles. The maximum Gasteiger partial charge on any atom is 0.335 e. The molecule has 4 heterocycles. The molecule has 2 fully saturated rings. The smallest absolute Gasteiger partial charge is 0.335 e. The van der Waals surface area contributed by atoms with E-state index in [0.29, 0.717) is 11.5 Å². The van der Waals surface area contributed by atoms with Gasteiger partial charge >= 0.3 is 11.9 Å². The van der Waals surface area contributed by atoms with Crippen molar-refractivity contribution in [2.45, 2.75) is 104 Å². The lowest BCUT2D eigenvalue weighted by Crippen LogP contribution is -2.26.